The van der Waals surface area contributed by atoms with E-state index < -0.39 is 19.4 Å². The molecule has 4 heteroatoms. The molecule has 28 heavy (non-hydrogen) atoms. The van der Waals surface area contributed by atoms with Crippen LogP contribution in [-0.4, -0.2) is 7.37 Å². The van der Waals surface area contributed by atoms with Crippen molar-refractivity contribution in [3.63, 3.8) is 0 Å². The van der Waals surface area contributed by atoms with Gasteiger partial charge in [0.1, 0.15) is 0 Å². The van der Waals surface area contributed by atoms with E-state index in [-0.39, 0.29) is 24.8 Å². The zero-order valence-corrected chi connectivity index (χ0v) is 21.9. The second-order valence-corrected chi connectivity index (χ2v) is 28.2. The summed E-state index contributed by atoms with van der Waals surface area (Å²) in [6, 6.07) is 29.6. The molecular weight excluding hydrogens is 478 g/mol. The Morgan fingerprint density at radius 1 is 0.571 bits per heavy atom. The van der Waals surface area contributed by atoms with Gasteiger partial charge in [-0.3, -0.25) is 0 Å². The summed E-state index contributed by atoms with van der Waals surface area (Å²) in [4.78, 5) is 0. The van der Waals surface area contributed by atoms with Crippen LogP contribution in [0.1, 0.15) is 29.5 Å². The molecule has 0 spiro atoms. The number of allylic oxidation sites excluding steroid dienone is 2. The molecule has 3 aromatic carbocycles. The third kappa shape index (κ3) is 3.35. The summed E-state index contributed by atoms with van der Waals surface area (Å²) in [5.41, 5.74) is 6.00. The minimum atomic E-state index is -2.77. The van der Waals surface area contributed by atoms with Gasteiger partial charge in [-0.05, 0) is 0 Å². The first-order valence-electron chi connectivity index (χ1n) is 9.38. The third-order valence-electron chi connectivity index (χ3n) is 6.29. The molecule has 3 aromatic rings. The summed E-state index contributed by atoms with van der Waals surface area (Å²) in [5, 5.41) is 0. The number of hydrogen-bond acceptors (Lipinski definition) is 0. The van der Waals surface area contributed by atoms with Gasteiger partial charge in [0.15, 0.2) is 0 Å². The van der Waals surface area contributed by atoms with Gasteiger partial charge in [-0.15, -0.1) is 24.8 Å². The molecule has 142 valence electrons. The zero-order chi connectivity index (χ0) is 17.6. The van der Waals surface area contributed by atoms with Gasteiger partial charge in [0.2, 0.25) is 0 Å². The van der Waals surface area contributed by atoms with Crippen molar-refractivity contribution in [1.29, 1.82) is 0 Å². The molecule has 0 radical (unpaired) electrons. The molecule has 0 saturated carbocycles. The van der Waals surface area contributed by atoms with E-state index >= 15 is 0 Å². The standard InChI is InChI=1S/2C9H7.C6H5.2ClH.H3Si.Zr/c2*1-2-5-9-7-3-6-8(9)4-1;1-2-4-6-5-3-1;;;;/h2*1-7H;1-5H;2*1H;1H3;. The van der Waals surface area contributed by atoms with E-state index in [0.717, 1.165) is 0 Å². The molecule has 2 unspecified atom stereocenters. The molecule has 2 atom stereocenters. The van der Waals surface area contributed by atoms with Crippen molar-refractivity contribution in [2.24, 2.45) is 0 Å². The first-order chi connectivity index (χ1) is 12.8. The van der Waals surface area contributed by atoms with Crippen LogP contribution in [0.15, 0.2) is 91.0 Å². The predicted molar refractivity (Wildman–Crippen MR) is 127 cm³/mol. The number of halogens is 2. The van der Waals surface area contributed by atoms with Crippen molar-refractivity contribution < 1.29 is 19.4 Å². The van der Waals surface area contributed by atoms with Crippen LogP contribution in [0.4, 0.5) is 0 Å². The van der Waals surface area contributed by atoms with Crippen molar-refractivity contribution in [3.8, 4) is 0 Å². The molecule has 2 aliphatic rings. The number of benzene rings is 3. The van der Waals surface area contributed by atoms with Gasteiger partial charge in [0.05, 0.1) is 0 Å². The molecule has 0 N–H and O–H groups in total. The molecule has 2 aliphatic carbocycles. The van der Waals surface area contributed by atoms with Crippen LogP contribution >= 0.6 is 24.8 Å². The Balaban J connectivity index is 0.00000112. The molecule has 0 amide bonds. The normalized spacial score (nSPS) is 20.6. The fraction of sp³-hybridized carbons (Fsp3) is 0.0833. The summed E-state index contributed by atoms with van der Waals surface area (Å²) in [7, 11) is 1.29. The maximum atomic E-state index is 2.54. The number of rotatable bonds is 3. The van der Waals surface area contributed by atoms with Crippen molar-refractivity contribution in [3.05, 3.63) is 113 Å². The van der Waals surface area contributed by atoms with E-state index in [1.165, 1.54) is 18.5 Å². The summed E-state index contributed by atoms with van der Waals surface area (Å²) in [6.45, 7) is 0. The summed E-state index contributed by atoms with van der Waals surface area (Å²) >= 11 is -2.77. The number of hydrogen-bond donors (Lipinski definition) is 0. The summed E-state index contributed by atoms with van der Waals surface area (Å²) in [5.74, 6) is 0. The average Bonchev–Trinajstić information content (AvgIpc) is 3.33. The third-order valence-corrected chi connectivity index (χ3v) is 29.8. The fourth-order valence-electron chi connectivity index (χ4n) is 4.89. The molecule has 0 saturated heterocycles. The second kappa shape index (κ2) is 8.67. The van der Waals surface area contributed by atoms with Crippen LogP contribution in [0, 0.1) is 0 Å². The van der Waals surface area contributed by atoms with Crippen molar-refractivity contribution in [1.82, 2.24) is 0 Å². The number of fused-ring (bicyclic) bond motifs is 2. The Morgan fingerprint density at radius 3 is 1.50 bits per heavy atom. The van der Waals surface area contributed by atoms with Gasteiger partial charge in [0, 0.05) is 0 Å². The van der Waals surface area contributed by atoms with Crippen LogP contribution in [-0.2, 0) is 19.4 Å². The summed E-state index contributed by atoms with van der Waals surface area (Å²) < 4.78 is 2.94. The molecular formula is C24H24Cl2SiZr. The summed E-state index contributed by atoms with van der Waals surface area (Å²) in [6.07, 6.45) is 9.82. The van der Waals surface area contributed by atoms with Crippen LogP contribution in [0.25, 0.3) is 12.2 Å². The van der Waals surface area contributed by atoms with Crippen LogP contribution < -0.4 is 3.27 Å². The van der Waals surface area contributed by atoms with Crippen molar-refractivity contribution in [2.75, 3.05) is 0 Å². The van der Waals surface area contributed by atoms with Crippen molar-refractivity contribution in [2.45, 2.75) is 7.25 Å². The Bertz CT molecular complexity index is 968. The fourth-order valence-corrected chi connectivity index (χ4v) is 24.7. The quantitative estimate of drug-likeness (QED) is 0.436. The van der Waals surface area contributed by atoms with E-state index in [1.54, 1.807) is 14.4 Å². The van der Waals surface area contributed by atoms with Crippen LogP contribution in [0.3, 0.4) is 0 Å². The molecule has 0 aromatic heterocycles. The molecule has 0 fully saturated rings. The average molecular weight is 503 g/mol. The Kier molecular flexibility index (Phi) is 6.67. The first-order valence-corrected chi connectivity index (χ1v) is 21.8. The SMILES string of the molecule is Cl.Cl.[SiH3][Zr]([c]1ccccc1)([CH]1C=Cc2ccccc21)[CH]1C=Cc2ccccc21. The van der Waals surface area contributed by atoms with E-state index in [4.69, 9.17) is 0 Å². The van der Waals surface area contributed by atoms with Crippen LogP contribution in [0.2, 0.25) is 0 Å². The van der Waals surface area contributed by atoms with Gasteiger partial charge in [-0.1, -0.05) is 0 Å². The van der Waals surface area contributed by atoms with E-state index in [0.29, 0.717) is 7.25 Å². The minimum absolute atomic E-state index is 0. The monoisotopic (exact) mass is 500 g/mol. The molecule has 0 nitrogen and oxygen atoms in total. The Hall–Kier alpha value is -1.18. The van der Waals surface area contributed by atoms with Crippen LogP contribution in [0.5, 0.6) is 0 Å². The Morgan fingerprint density at radius 2 is 1.00 bits per heavy atom. The van der Waals surface area contributed by atoms with Gasteiger partial charge in [-0.25, -0.2) is 0 Å². The topological polar surface area (TPSA) is 0 Å². The predicted octanol–water partition coefficient (Wildman–Crippen LogP) is 5.13. The van der Waals surface area contributed by atoms with E-state index in [9.17, 15) is 0 Å². The van der Waals surface area contributed by atoms with Gasteiger partial charge in [-0.2, -0.15) is 0 Å². The van der Waals surface area contributed by atoms with Gasteiger partial charge < -0.3 is 0 Å². The molecule has 5 rings (SSSR count). The van der Waals surface area contributed by atoms with Gasteiger partial charge in [0.25, 0.3) is 0 Å². The molecule has 0 heterocycles. The molecule has 0 aliphatic heterocycles. The van der Waals surface area contributed by atoms with Gasteiger partial charge >= 0.3 is 163 Å². The first kappa shape index (κ1) is 21.5. The van der Waals surface area contributed by atoms with E-state index in [2.05, 4.69) is 103 Å². The van der Waals surface area contributed by atoms with E-state index in [1.807, 2.05) is 0 Å². The van der Waals surface area contributed by atoms with Crippen molar-refractivity contribution >= 4 is 47.6 Å². The second-order valence-electron chi connectivity index (χ2n) is 7.58. The Labute approximate surface area is 186 Å². The maximum absolute atomic E-state index is 2.77. The molecule has 0 bridgehead atoms. The zero-order valence-electron chi connectivity index (χ0n) is 15.8.